The summed E-state index contributed by atoms with van der Waals surface area (Å²) in [5, 5.41) is 15.4. The van der Waals surface area contributed by atoms with Crippen molar-refractivity contribution in [3.8, 4) is 0 Å². The van der Waals surface area contributed by atoms with Crippen molar-refractivity contribution in [3.63, 3.8) is 0 Å². The van der Waals surface area contributed by atoms with Crippen LogP contribution in [0.1, 0.15) is 37.1 Å². The molecule has 6 nitrogen and oxygen atoms in total. The van der Waals surface area contributed by atoms with Crippen LogP contribution in [0.4, 0.5) is 0 Å². The van der Waals surface area contributed by atoms with E-state index < -0.39 is 0 Å². The molecule has 1 aliphatic rings. The average molecular weight is 569 g/mol. The topological polar surface area (TPSA) is 66.6 Å². The summed E-state index contributed by atoms with van der Waals surface area (Å²) in [6.07, 6.45) is 6.91. The molecule has 8 heteroatoms. The minimum absolute atomic E-state index is 0. The second-order valence-corrected chi connectivity index (χ2v) is 8.24. The van der Waals surface area contributed by atoms with Gasteiger partial charge in [0.05, 0.1) is 6.54 Å². The number of rotatable bonds is 5. The molecule has 0 aliphatic heterocycles. The van der Waals surface area contributed by atoms with E-state index in [0.717, 1.165) is 28.4 Å². The van der Waals surface area contributed by atoms with Crippen LogP contribution in [0.3, 0.4) is 0 Å². The fourth-order valence-corrected chi connectivity index (χ4v) is 4.48. The molecule has 154 valence electrons. The molecule has 1 fully saturated rings. The number of pyridine rings is 1. The first-order valence-corrected chi connectivity index (χ1v) is 10.5. The average Bonchev–Trinajstić information content (AvgIpc) is 3.36. The number of aromatic nitrogens is 3. The van der Waals surface area contributed by atoms with Gasteiger partial charge in [-0.3, -0.25) is 9.39 Å². The zero-order chi connectivity index (χ0) is 19.4. The van der Waals surface area contributed by atoms with E-state index in [2.05, 4.69) is 66.0 Å². The predicted molar refractivity (Wildman–Crippen MR) is 131 cm³/mol. The second-order valence-electron chi connectivity index (χ2n) is 7.32. The highest BCUT2D eigenvalue weighted by Crippen LogP contribution is 2.41. The normalized spacial score (nSPS) is 15.9. The van der Waals surface area contributed by atoms with Gasteiger partial charge < -0.3 is 10.6 Å². The minimum atomic E-state index is 0. The van der Waals surface area contributed by atoms with Crippen LogP contribution in [-0.2, 0) is 12.0 Å². The van der Waals surface area contributed by atoms with Gasteiger partial charge in [-0.25, -0.2) is 0 Å². The molecule has 2 N–H and O–H groups in total. The highest BCUT2D eigenvalue weighted by atomic mass is 127. The highest BCUT2D eigenvalue weighted by molar-refractivity contribution is 14.0. The number of aliphatic imine (C=N–C) groups is 1. The quantitative estimate of drug-likeness (QED) is 0.274. The van der Waals surface area contributed by atoms with Crippen LogP contribution in [0.15, 0.2) is 58.1 Å². The fraction of sp³-hybridized carbons (Fsp3) is 0.381. The first kappa shape index (κ1) is 22.0. The van der Waals surface area contributed by atoms with Crippen LogP contribution < -0.4 is 10.6 Å². The molecule has 0 atom stereocenters. The Labute approximate surface area is 196 Å². The van der Waals surface area contributed by atoms with Crippen molar-refractivity contribution in [3.05, 3.63) is 64.5 Å². The molecule has 0 radical (unpaired) electrons. The number of hydrogen-bond donors (Lipinski definition) is 2. The van der Waals surface area contributed by atoms with Crippen LogP contribution in [-0.4, -0.2) is 34.2 Å². The molecular weight excluding hydrogens is 543 g/mol. The Morgan fingerprint density at radius 1 is 1.14 bits per heavy atom. The van der Waals surface area contributed by atoms with Crippen molar-refractivity contribution in [2.75, 3.05) is 13.6 Å². The lowest BCUT2D eigenvalue weighted by atomic mass is 9.79. The highest BCUT2D eigenvalue weighted by Gasteiger charge is 2.35. The summed E-state index contributed by atoms with van der Waals surface area (Å²) in [6, 6.07) is 14.6. The molecule has 3 aromatic rings. The van der Waals surface area contributed by atoms with Crippen molar-refractivity contribution in [2.45, 2.75) is 37.6 Å². The number of nitrogens with one attached hydrogen (secondary N) is 2. The van der Waals surface area contributed by atoms with Crippen LogP contribution >= 0.6 is 39.9 Å². The van der Waals surface area contributed by atoms with E-state index in [-0.39, 0.29) is 29.4 Å². The van der Waals surface area contributed by atoms with Crippen molar-refractivity contribution in [2.24, 2.45) is 4.99 Å². The summed E-state index contributed by atoms with van der Waals surface area (Å²) in [4.78, 5) is 4.40. The van der Waals surface area contributed by atoms with Gasteiger partial charge in [0.25, 0.3) is 0 Å². The Kier molecular flexibility index (Phi) is 7.50. The van der Waals surface area contributed by atoms with Gasteiger partial charge in [0.2, 0.25) is 0 Å². The lowest BCUT2D eigenvalue weighted by molar-refractivity contribution is 0.431. The maximum atomic E-state index is 4.40. The van der Waals surface area contributed by atoms with Gasteiger partial charge in [0, 0.05) is 29.7 Å². The molecule has 0 spiro atoms. The van der Waals surface area contributed by atoms with Gasteiger partial charge in [-0.2, -0.15) is 0 Å². The number of halogens is 2. The molecule has 0 bridgehead atoms. The van der Waals surface area contributed by atoms with E-state index in [1.165, 1.54) is 31.2 Å². The number of hydrogen-bond acceptors (Lipinski definition) is 3. The largest absolute Gasteiger partial charge is 0.356 e. The van der Waals surface area contributed by atoms with Crippen LogP contribution in [0.25, 0.3) is 5.65 Å². The third kappa shape index (κ3) is 4.91. The number of benzene rings is 1. The van der Waals surface area contributed by atoms with E-state index in [4.69, 9.17) is 0 Å². The van der Waals surface area contributed by atoms with Crippen molar-refractivity contribution >= 4 is 51.5 Å². The standard InChI is InChI=1S/C21H25BrN6.HI/c1-23-20(24-14-19-27-26-18-9-2-5-12-28(18)19)25-15-21(10-3-4-11-21)16-7-6-8-17(22)13-16;/h2,5-9,12-13H,3-4,10-11,14-15H2,1H3,(H2,23,24,25);1H. The maximum absolute atomic E-state index is 4.40. The second kappa shape index (κ2) is 9.88. The fourth-order valence-electron chi connectivity index (χ4n) is 4.09. The molecule has 2 heterocycles. The molecule has 1 saturated carbocycles. The number of guanidine groups is 1. The summed E-state index contributed by atoms with van der Waals surface area (Å²) < 4.78 is 3.12. The molecule has 1 aliphatic carbocycles. The monoisotopic (exact) mass is 568 g/mol. The van der Waals surface area contributed by atoms with E-state index in [9.17, 15) is 0 Å². The van der Waals surface area contributed by atoms with Gasteiger partial charge in [-0.15, -0.1) is 34.2 Å². The first-order valence-electron chi connectivity index (χ1n) is 9.69. The van der Waals surface area contributed by atoms with Crippen molar-refractivity contribution in [1.29, 1.82) is 0 Å². The minimum Gasteiger partial charge on any atom is -0.356 e. The number of fused-ring (bicyclic) bond motifs is 1. The predicted octanol–water partition coefficient (Wildman–Crippen LogP) is 4.29. The molecule has 0 amide bonds. The molecule has 0 unspecified atom stereocenters. The molecule has 2 aromatic heterocycles. The van der Waals surface area contributed by atoms with E-state index in [1.54, 1.807) is 7.05 Å². The zero-order valence-corrected chi connectivity index (χ0v) is 20.4. The Hall–Kier alpha value is -1.68. The third-order valence-corrected chi connectivity index (χ3v) is 6.11. The summed E-state index contributed by atoms with van der Waals surface area (Å²) in [6.45, 7) is 1.43. The Balaban J connectivity index is 0.00000240. The van der Waals surface area contributed by atoms with Crippen molar-refractivity contribution in [1.82, 2.24) is 25.2 Å². The van der Waals surface area contributed by atoms with Crippen LogP contribution in [0.2, 0.25) is 0 Å². The SMILES string of the molecule is CN=C(NCc1nnc2ccccn12)NCC1(c2cccc(Br)c2)CCCC1.I. The van der Waals surface area contributed by atoms with Gasteiger partial charge >= 0.3 is 0 Å². The molecular formula is C21H26BrIN6. The maximum Gasteiger partial charge on any atom is 0.191 e. The first-order chi connectivity index (χ1) is 13.7. The Morgan fingerprint density at radius 3 is 2.72 bits per heavy atom. The van der Waals surface area contributed by atoms with Crippen LogP contribution in [0, 0.1) is 0 Å². The molecule has 1 aromatic carbocycles. The van der Waals surface area contributed by atoms with Gasteiger partial charge in [0.1, 0.15) is 0 Å². The molecule has 4 rings (SSSR count). The van der Waals surface area contributed by atoms with E-state index >= 15 is 0 Å². The van der Waals surface area contributed by atoms with E-state index in [1.807, 2.05) is 28.8 Å². The summed E-state index contributed by atoms with van der Waals surface area (Å²) in [5.74, 6) is 1.65. The van der Waals surface area contributed by atoms with Gasteiger partial charge in [-0.05, 0) is 42.7 Å². The molecule has 29 heavy (non-hydrogen) atoms. The lowest BCUT2D eigenvalue weighted by Crippen LogP contribution is -2.44. The van der Waals surface area contributed by atoms with Crippen molar-refractivity contribution < 1.29 is 0 Å². The van der Waals surface area contributed by atoms with Gasteiger partial charge in [-0.1, -0.05) is 47.0 Å². The summed E-state index contributed by atoms with van der Waals surface area (Å²) in [7, 11) is 1.80. The number of nitrogens with zero attached hydrogens (tertiary/aromatic N) is 4. The lowest BCUT2D eigenvalue weighted by Gasteiger charge is -2.31. The smallest absolute Gasteiger partial charge is 0.191 e. The summed E-state index contributed by atoms with van der Waals surface area (Å²) in [5.41, 5.74) is 2.40. The summed E-state index contributed by atoms with van der Waals surface area (Å²) >= 11 is 3.62. The van der Waals surface area contributed by atoms with Crippen LogP contribution in [0.5, 0.6) is 0 Å². The third-order valence-electron chi connectivity index (χ3n) is 5.61. The van der Waals surface area contributed by atoms with Gasteiger partial charge in [0.15, 0.2) is 17.4 Å². The zero-order valence-electron chi connectivity index (χ0n) is 16.4. The molecule has 0 saturated heterocycles. The Morgan fingerprint density at radius 2 is 1.97 bits per heavy atom. The van der Waals surface area contributed by atoms with E-state index in [0.29, 0.717) is 6.54 Å². The Bertz CT molecular complexity index is 980.